The average Bonchev–Trinajstić information content (AvgIpc) is 2.96. The molecule has 2 aromatic rings. The first-order chi connectivity index (χ1) is 10.2. The van der Waals surface area contributed by atoms with E-state index in [1.54, 1.807) is 18.2 Å². The Morgan fingerprint density at radius 3 is 2.76 bits per heavy atom. The molecule has 0 unspecified atom stereocenters. The molecule has 21 heavy (non-hydrogen) atoms. The lowest BCUT2D eigenvalue weighted by atomic mass is 10.1. The summed E-state index contributed by atoms with van der Waals surface area (Å²) < 4.78 is 15.2. The molecule has 108 valence electrons. The molecular weight excluding hydrogens is 272 g/mol. The van der Waals surface area contributed by atoms with Gasteiger partial charge in [-0.3, -0.25) is 0 Å². The Balaban J connectivity index is 1.83. The number of nitrogen functional groups attached to an aromatic ring is 1. The fourth-order valence-electron chi connectivity index (χ4n) is 2.05. The van der Waals surface area contributed by atoms with Crippen LogP contribution in [0, 0.1) is 0 Å². The van der Waals surface area contributed by atoms with Gasteiger partial charge < -0.3 is 25.3 Å². The highest BCUT2D eigenvalue weighted by molar-refractivity contribution is 5.92. The van der Waals surface area contributed by atoms with Crippen molar-refractivity contribution in [2.75, 3.05) is 25.0 Å². The van der Waals surface area contributed by atoms with Crippen LogP contribution < -0.4 is 20.5 Å². The lowest BCUT2D eigenvalue weighted by Crippen LogP contribution is -2.03. The summed E-state index contributed by atoms with van der Waals surface area (Å²) in [6.07, 6.45) is 0. The van der Waals surface area contributed by atoms with Gasteiger partial charge in [0.1, 0.15) is 0 Å². The van der Waals surface area contributed by atoms with E-state index in [-0.39, 0.29) is 6.79 Å². The SMILES string of the molecule is COC(=O)c1ccc(Nc2ccc3c(c2)OCO3)c(N)c1. The van der Waals surface area contributed by atoms with Crippen LogP contribution in [0.3, 0.4) is 0 Å². The van der Waals surface area contributed by atoms with Gasteiger partial charge in [-0.2, -0.15) is 0 Å². The molecule has 0 bridgehead atoms. The first kappa shape index (κ1) is 13.1. The summed E-state index contributed by atoms with van der Waals surface area (Å²) in [4.78, 5) is 11.4. The van der Waals surface area contributed by atoms with E-state index >= 15 is 0 Å². The van der Waals surface area contributed by atoms with Crippen LogP contribution in [-0.2, 0) is 4.74 Å². The van der Waals surface area contributed by atoms with E-state index in [0.717, 1.165) is 11.4 Å². The Hall–Kier alpha value is -2.89. The van der Waals surface area contributed by atoms with Crippen LogP contribution in [0.2, 0.25) is 0 Å². The van der Waals surface area contributed by atoms with Crippen LogP contribution in [0.5, 0.6) is 11.5 Å². The molecule has 6 heteroatoms. The molecule has 0 aliphatic carbocycles. The average molecular weight is 286 g/mol. The standard InChI is InChI=1S/C15H14N2O4/c1-19-15(18)9-2-4-12(11(16)6-9)17-10-3-5-13-14(7-10)21-8-20-13/h2-7,17H,8,16H2,1H3. The number of nitrogens with one attached hydrogen (secondary N) is 1. The third-order valence-corrected chi connectivity index (χ3v) is 3.12. The molecule has 1 aliphatic heterocycles. The highest BCUT2D eigenvalue weighted by Gasteiger charge is 2.14. The van der Waals surface area contributed by atoms with Crippen molar-refractivity contribution in [2.45, 2.75) is 0 Å². The van der Waals surface area contributed by atoms with Crippen molar-refractivity contribution < 1.29 is 19.0 Å². The van der Waals surface area contributed by atoms with Crippen molar-refractivity contribution >= 4 is 23.0 Å². The molecule has 0 spiro atoms. The third-order valence-electron chi connectivity index (χ3n) is 3.12. The number of anilines is 3. The summed E-state index contributed by atoms with van der Waals surface area (Å²) in [6.45, 7) is 0.231. The second-order valence-electron chi connectivity index (χ2n) is 4.49. The quantitative estimate of drug-likeness (QED) is 0.666. The largest absolute Gasteiger partial charge is 0.465 e. The van der Waals surface area contributed by atoms with E-state index in [1.165, 1.54) is 7.11 Å². The lowest BCUT2D eigenvalue weighted by molar-refractivity contribution is 0.0601. The van der Waals surface area contributed by atoms with Gasteiger partial charge in [0.05, 0.1) is 24.0 Å². The van der Waals surface area contributed by atoms with Gasteiger partial charge in [0.25, 0.3) is 0 Å². The Kier molecular flexibility index (Phi) is 3.27. The molecule has 6 nitrogen and oxygen atoms in total. The van der Waals surface area contributed by atoms with Gasteiger partial charge >= 0.3 is 5.97 Å². The highest BCUT2D eigenvalue weighted by atomic mass is 16.7. The van der Waals surface area contributed by atoms with Crippen LogP contribution in [0.1, 0.15) is 10.4 Å². The number of carbonyl (C=O) groups is 1. The van der Waals surface area contributed by atoms with Crippen LogP contribution in [0.15, 0.2) is 36.4 Å². The maximum absolute atomic E-state index is 11.4. The summed E-state index contributed by atoms with van der Waals surface area (Å²) in [5, 5.41) is 3.17. The first-order valence-corrected chi connectivity index (χ1v) is 6.32. The molecule has 0 saturated carbocycles. The lowest BCUT2D eigenvalue weighted by Gasteiger charge is -2.11. The van der Waals surface area contributed by atoms with Gasteiger partial charge in [0, 0.05) is 11.8 Å². The predicted octanol–water partition coefficient (Wildman–Crippen LogP) is 2.53. The van der Waals surface area contributed by atoms with Gasteiger partial charge in [0.2, 0.25) is 6.79 Å². The smallest absolute Gasteiger partial charge is 0.337 e. The molecule has 3 rings (SSSR count). The Morgan fingerprint density at radius 2 is 2.00 bits per heavy atom. The minimum Gasteiger partial charge on any atom is -0.465 e. The molecule has 0 fully saturated rings. The van der Waals surface area contributed by atoms with Gasteiger partial charge in [-0.15, -0.1) is 0 Å². The first-order valence-electron chi connectivity index (χ1n) is 6.32. The number of nitrogens with two attached hydrogens (primary N) is 1. The summed E-state index contributed by atoms with van der Waals surface area (Å²) in [5.41, 5.74) is 8.32. The topological polar surface area (TPSA) is 82.8 Å². The van der Waals surface area contributed by atoms with Gasteiger partial charge in [-0.1, -0.05) is 0 Å². The summed E-state index contributed by atoms with van der Waals surface area (Å²) >= 11 is 0. The molecule has 2 aromatic carbocycles. The maximum atomic E-state index is 11.4. The summed E-state index contributed by atoms with van der Waals surface area (Å²) in [5.74, 6) is 0.982. The van der Waals surface area contributed by atoms with Gasteiger partial charge in [-0.25, -0.2) is 4.79 Å². The zero-order valence-corrected chi connectivity index (χ0v) is 11.4. The number of hydrogen-bond donors (Lipinski definition) is 2. The molecule has 1 heterocycles. The second-order valence-corrected chi connectivity index (χ2v) is 4.49. The number of fused-ring (bicyclic) bond motifs is 1. The Bertz CT molecular complexity index is 700. The predicted molar refractivity (Wildman–Crippen MR) is 78.0 cm³/mol. The molecular formula is C15H14N2O4. The fraction of sp³-hybridized carbons (Fsp3) is 0.133. The van der Waals surface area contributed by atoms with Gasteiger partial charge in [0.15, 0.2) is 11.5 Å². The number of benzene rings is 2. The molecule has 0 amide bonds. The zero-order valence-electron chi connectivity index (χ0n) is 11.4. The van der Waals surface area contributed by atoms with Crippen LogP contribution in [0.4, 0.5) is 17.1 Å². The van der Waals surface area contributed by atoms with E-state index in [9.17, 15) is 4.79 Å². The van der Waals surface area contributed by atoms with E-state index in [4.69, 9.17) is 15.2 Å². The molecule has 1 aliphatic rings. The van der Waals surface area contributed by atoms with Gasteiger partial charge in [-0.05, 0) is 30.3 Å². The summed E-state index contributed by atoms with van der Waals surface area (Å²) in [7, 11) is 1.33. The Labute approximate surface area is 121 Å². The minimum atomic E-state index is -0.420. The second kappa shape index (κ2) is 5.24. The van der Waals surface area contributed by atoms with Crippen LogP contribution >= 0.6 is 0 Å². The molecule has 0 aromatic heterocycles. The summed E-state index contributed by atoms with van der Waals surface area (Å²) in [6, 6.07) is 10.5. The van der Waals surface area contributed by atoms with E-state index in [1.807, 2.05) is 18.2 Å². The molecule has 3 N–H and O–H groups in total. The van der Waals surface area contributed by atoms with Crippen molar-refractivity contribution in [1.29, 1.82) is 0 Å². The zero-order chi connectivity index (χ0) is 14.8. The Morgan fingerprint density at radius 1 is 1.19 bits per heavy atom. The number of hydrogen-bond acceptors (Lipinski definition) is 6. The number of carbonyl (C=O) groups excluding carboxylic acids is 1. The number of esters is 1. The monoisotopic (exact) mass is 286 g/mol. The van der Waals surface area contributed by atoms with Crippen molar-refractivity contribution in [3.8, 4) is 11.5 Å². The maximum Gasteiger partial charge on any atom is 0.337 e. The van der Waals surface area contributed by atoms with E-state index in [0.29, 0.717) is 22.7 Å². The molecule has 0 saturated heterocycles. The molecule has 0 radical (unpaired) electrons. The minimum absolute atomic E-state index is 0.231. The number of ether oxygens (including phenoxy) is 3. The normalized spacial score (nSPS) is 12.0. The van der Waals surface area contributed by atoms with Crippen LogP contribution in [0.25, 0.3) is 0 Å². The van der Waals surface area contributed by atoms with Crippen molar-refractivity contribution in [3.05, 3.63) is 42.0 Å². The number of rotatable bonds is 3. The van der Waals surface area contributed by atoms with Crippen molar-refractivity contribution in [3.63, 3.8) is 0 Å². The highest BCUT2D eigenvalue weighted by Crippen LogP contribution is 2.35. The fourth-order valence-corrected chi connectivity index (χ4v) is 2.05. The third kappa shape index (κ3) is 2.55. The number of methoxy groups -OCH3 is 1. The molecule has 0 atom stereocenters. The van der Waals surface area contributed by atoms with Crippen LogP contribution in [-0.4, -0.2) is 19.9 Å². The van der Waals surface area contributed by atoms with E-state index in [2.05, 4.69) is 10.1 Å². The van der Waals surface area contributed by atoms with E-state index < -0.39 is 5.97 Å². The van der Waals surface area contributed by atoms with Crippen molar-refractivity contribution in [2.24, 2.45) is 0 Å². The van der Waals surface area contributed by atoms with Crippen molar-refractivity contribution in [1.82, 2.24) is 0 Å².